The summed E-state index contributed by atoms with van der Waals surface area (Å²) in [5.74, 6) is 0. The number of aromatic amines is 1. The van der Waals surface area contributed by atoms with Gasteiger partial charge in [-0.3, -0.25) is 9.78 Å². The van der Waals surface area contributed by atoms with Crippen LogP contribution in [0.4, 0.5) is 0 Å². The van der Waals surface area contributed by atoms with Crippen molar-refractivity contribution >= 4 is 0 Å². The number of aryl methyl sites for hydroxylation is 1. The molecule has 2 heterocycles. The van der Waals surface area contributed by atoms with Crippen LogP contribution in [0.25, 0.3) is 11.1 Å². The van der Waals surface area contributed by atoms with Gasteiger partial charge in [-0.15, -0.1) is 0 Å². The summed E-state index contributed by atoms with van der Waals surface area (Å²) in [5, 5.41) is 0. The van der Waals surface area contributed by atoms with Crippen LogP contribution in [0.5, 0.6) is 0 Å². The van der Waals surface area contributed by atoms with E-state index in [1.54, 1.807) is 18.6 Å². The first-order valence-corrected chi connectivity index (χ1v) is 4.22. The molecule has 0 spiro atoms. The van der Waals surface area contributed by atoms with E-state index in [0.717, 1.165) is 11.1 Å². The Bertz CT molecular complexity index is 504. The van der Waals surface area contributed by atoms with E-state index in [4.69, 9.17) is 0 Å². The summed E-state index contributed by atoms with van der Waals surface area (Å²) in [4.78, 5) is 21.8. The highest BCUT2D eigenvalue weighted by Gasteiger charge is 2.04. The van der Waals surface area contributed by atoms with Crippen LogP contribution in [-0.2, 0) is 0 Å². The van der Waals surface area contributed by atoms with Crippen molar-refractivity contribution in [1.29, 1.82) is 0 Å². The number of aromatic nitrogens is 3. The third-order valence-electron chi connectivity index (χ3n) is 2.03. The van der Waals surface area contributed by atoms with E-state index in [9.17, 15) is 4.79 Å². The summed E-state index contributed by atoms with van der Waals surface area (Å²) in [6.45, 7) is 1.91. The maximum atomic E-state index is 11.5. The van der Waals surface area contributed by atoms with Crippen LogP contribution in [0, 0.1) is 6.92 Å². The summed E-state index contributed by atoms with van der Waals surface area (Å²) in [6, 6.07) is 1.81. The fourth-order valence-electron chi connectivity index (χ4n) is 1.31. The predicted molar refractivity (Wildman–Crippen MR) is 52.8 cm³/mol. The average Bonchev–Trinajstić information content (AvgIpc) is 2.20. The molecular formula is C10H9N3O. The van der Waals surface area contributed by atoms with Crippen molar-refractivity contribution in [2.45, 2.75) is 6.92 Å². The molecule has 0 unspecified atom stereocenters. The van der Waals surface area contributed by atoms with Crippen LogP contribution in [0.3, 0.4) is 0 Å². The Labute approximate surface area is 80.7 Å². The number of pyridine rings is 1. The minimum atomic E-state index is -0.130. The Balaban J connectivity index is 2.67. The highest BCUT2D eigenvalue weighted by atomic mass is 16.1. The molecule has 0 saturated carbocycles. The molecule has 1 N–H and O–H groups in total. The highest BCUT2D eigenvalue weighted by Crippen LogP contribution is 2.16. The van der Waals surface area contributed by atoms with Crippen LogP contribution in [-0.4, -0.2) is 15.0 Å². The van der Waals surface area contributed by atoms with E-state index in [2.05, 4.69) is 15.0 Å². The lowest BCUT2D eigenvalue weighted by atomic mass is 10.1. The predicted octanol–water partition coefficient (Wildman–Crippen LogP) is 1.14. The van der Waals surface area contributed by atoms with Crippen molar-refractivity contribution in [1.82, 2.24) is 15.0 Å². The van der Waals surface area contributed by atoms with Crippen LogP contribution < -0.4 is 5.56 Å². The summed E-state index contributed by atoms with van der Waals surface area (Å²) >= 11 is 0. The van der Waals surface area contributed by atoms with Gasteiger partial charge in [0.1, 0.15) is 0 Å². The largest absolute Gasteiger partial charge is 0.313 e. The second-order valence-electron chi connectivity index (χ2n) is 2.99. The van der Waals surface area contributed by atoms with Gasteiger partial charge < -0.3 is 4.98 Å². The molecular weight excluding hydrogens is 178 g/mol. The van der Waals surface area contributed by atoms with E-state index in [1.165, 1.54) is 6.33 Å². The molecule has 0 aromatic carbocycles. The fourth-order valence-corrected chi connectivity index (χ4v) is 1.31. The molecule has 0 amide bonds. The van der Waals surface area contributed by atoms with Crippen LogP contribution in [0.1, 0.15) is 5.56 Å². The number of nitrogens with one attached hydrogen (secondary N) is 1. The number of nitrogens with zero attached hydrogens (tertiary/aromatic N) is 2. The first kappa shape index (κ1) is 8.62. The first-order valence-electron chi connectivity index (χ1n) is 4.22. The van der Waals surface area contributed by atoms with Crippen LogP contribution in [0.2, 0.25) is 0 Å². The highest BCUT2D eigenvalue weighted by molar-refractivity contribution is 5.64. The van der Waals surface area contributed by atoms with Crippen LogP contribution >= 0.6 is 0 Å². The van der Waals surface area contributed by atoms with Gasteiger partial charge in [0, 0.05) is 18.6 Å². The summed E-state index contributed by atoms with van der Waals surface area (Å²) in [5.41, 5.74) is 2.28. The van der Waals surface area contributed by atoms with Gasteiger partial charge in [0.2, 0.25) is 0 Å². The normalized spacial score (nSPS) is 10.1. The molecule has 14 heavy (non-hydrogen) atoms. The maximum Gasteiger partial charge on any atom is 0.258 e. The van der Waals surface area contributed by atoms with Crippen molar-refractivity contribution in [2.75, 3.05) is 0 Å². The van der Waals surface area contributed by atoms with Gasteiger partial charge in [-0.1, -0.05) is 0 Å². The molecule has 4 nitrogen and oxygen atoms in total. The average molecular weight is 187 g/mol. The van der Waals surface area contributed by atoms with E-state index in [-0.39, 0.29) is 5.56 Å². The van der Waals surface area contributed by atoms with Crippen molar-refractivity contribution in [3.8, 4) is 11.1 Å². The lowest BCUT2D eigenvalue weighted by Crippen LogP contribution is -2.09. The Morgan fingerprint density at radius 1 is 1.21 bits per heavy atom. The SMILES string of the molecule is Cc1cnccc1-c1cnc[nH]c1=O. The zero-order valence-electron chi connectivity index (χ0n) is 7.69. The fraction of sp³-hybridized carbons (Fsp3) is 0.100. The molecule has 0 aliphatic carbocycles. The zero-order valence-corrected chi connectivity index (χ0v) is 7.69. The van der Waals surface area contributed by atoms with Gasteiger partial charge in [-0.05, 0) is 24.1 Å². The second kappa shape index (κ2) is 3.41. The van der Waals surface area contributed by atoms with Crippen molar-refractivity contribution in [2.24, 2.45) is 0 Å². The molecule has 4 heteroatoms. The lowest BCUT2D eigenvalue weighted by Gasteiger charge is -2.02. The summed E-state index contributed by atoms with van der Waals surface area (Å²) in [6.07, 6.45) is 6.32. The minimum absolute atomic E-state index is 0.130. The number of H-pyrrole nitrogens is 1. The van der Waals surface area contributed by atoms with E-state index >= 15 is 0 Å². The van der Waals surface area contributed by atoms with Gasteiger partial charge in [0.15, 0.2) is 0 Å². The third kappa shape index (κ3) is 1.42. The van der Waals surface area contributed by atoms with Crippen molar-refractivity contribution in [3.63, 3.8) is 0 Å². The summed E-state index contributed by atoms with van der Waals surface area (Å²) < 4.78 is 0. The zero-order chi connectivity index (χ0) is 9.97. The molecule has 0 bridgehead atoms. The minimum Gasteiger partial charge on any atom is -0.313 e. The number of hydrogen-bond donors (Lipinski definition) is 1. The summed E-state index contributed by atoms with van der Waals surface area (Å²) in [7, 11) is 0. The smallest absolute Gasteiger partial charge is 0.258 e. The van der Waals surface area contributed by atoms with E-state index in [1.807, 2.05) is 13.0 Å². The third-order valence-corrected chi connectivity index (χ3v) is 2.03. The van der Waals surface area contributed by atoms with Gasteiger partial charge in [-0.2, -0.15) is 0 Å². The van der Waals surface area contributed by atoms with E-state index < -0.39 is 0 Å². The molecule has 2 aromatic heterocycles. The molecule has 0 fully saturated rings. The quantitative estimate of drug-likeness (QED) is 0.728. The molecule has 0 atom stereocenters. The monoisotopic (exact) mass is 187 g/mol. The Kier molecular flexibility index (Phi) is 2.10. The van der Waals surface area contributed by atoms with Gasteiger partial charge in [-0.25, -0.2) is 4.98 Å². The van der Waals surface area contributed by atoms with E-state index in [0.29, 0.717) is 5.56 Å². The first-order chi connectivity index (χ1) is 6.79. The van der Waals surface area contributed by atoms with Crippen molar-refractivity contribution < 1.29 is 0 Å². The standard InChI is InChI=1S/C10H9N3O/c1-7-4-11-3-2-8(7)9-5-12-6-13-10(9)14/h2-6H,1H3,(H,12,13,14). The number of hydrogen-bond acceptors (Lipinski definition) is 3. The molecule has 0 aliphatic rings. The van der Waals surface area contributed by atoms with Crippen LogP contribution in [0.15, 0.2) is 35.8 Å². The molecule has 2 aromatic rings. The Morgan fingerprint density at radius 2 is 2.07 bits per heavy atom. The molecule has 0 saturated heterocycles. The second-order valence-corrected chi connectivity index (χ2v) is 2.99. The van der Waals surface area contributed by atoms with Gasteiger partial charge in [0.05, 0.1) is 11.9 Å². The Morgan fingerprint density at radius 3 is 2.79 bits per heavy atom. The molecule has 2 rings (SSSR count). The van der Waals surface area contributed by atoms with Gasteiger partial charge >= 0.3 is 0 Å². The topological polar surface area (TPSA) is 58.6 Å². The molecule has 0 aliphatic heterocycles. The molecule has 0 radical (unpaired) electrons. The maximum absolute atomic E-state index is 11.5. The number of rotatable bonds is 1. The van der Waals surface area contributed by atoms with Crippen molar-refractivity contribution in [3.05, 3.63) is 46.9 Å². The Hall–Kier alpha value is -1.97. The molecule has 70 valence electrons. The lowest BCUT2D eigenvalue weighted by molar-refractivity contribution is 1.12. The van der Waals surface area contributed by atoms with Gasteiger partial charge in [0.25, 0.3) is 5.56 Å².